The van der Waals surface area contributed by atoms with Crippen molar-refractivity contribution in [1.29, 1.82) is 0 Å². The van der Waals surface area contributed by atoms with E-state index < -0.39 is 17.9 Å². The summed E-state index contributed by atoms with van der Waals surface area (Å²) in [6, 6.07) is 2.11. The highest BCUT2D eigenvalue weighted by Gasteiger charge is 2.22. The fraction of sp³-hybridized carbons (Fsp3) is 0.167. The number of halogens is 1. The number of imidazole rings is 1. The number of hydrogen-bond acceptors (Lipinski definition) is 4. The summed E-state index contributed by atoms with van der Waals surface area (Å²) in [5.41, 5.74) is 0.909. The van der Waals surface area contributed by atoms with E-state index in [9.17, 15) is 9.59 Å². The van der Waals surface area contributed by atoms with Crippen molar-refractivity contribution in [2.45, 2.75) is 12.5 Å². The molecule has 0 radical (unpaired) electrons. The van der Waals surface area contributed by atoms with Crippen LogP contribution in [-0.4, -0.2) is 38.0 Å². The van der Waals surface area contributed by atoms with Crippen molar-refractivity contribution in [3.8, 4) is 0 Å². The van der Waals surface area contributed by atoms with Crippen LogP contribution in [0.1, 0.15) is 16.1 Å². The van der Waals surface area contributed by atoms with Crippen LogP contribution in [0.25, 0.3) is 0 Å². The molecular weight excluding hydrogens is 328 g/mol. The topological polar surface area (TPSA) is 108 Å². The minimum atomic E-state index is -1.12. The van der Waals surface area contributed by atoms with Crippen molar-refractivity contribution in [2.75, 3.05) is 0 Å². The Morgan fingerprint density at radius 3 is 2.90 bits per heavy atom. The van der Waals surface area contributed by atoms with Gasteiger partial charge in [-0.05, 0) is 28.1 Å². The van der Waals surface area contributed by atoms with Gasteiger partial charge in [-0.2, -0.15) is 0 Å². The molecule has 8 heteroatoms. The number of carboxylic acids is 1. The number of H-pyrrole nitrogens is 1. The lowest BCUT2D eigenvalue weighted by Crippen LogP contribution is -2.42. The Kier molecular flexibility index (Phi) is 4.46. The number of aromatic nitrogens is 3. The average molecular weight is 339 g/mol. The molecule has 0 saturated heterocycles. The Hall–Kier alpha value is -2.22. The second kappa shape index (κ2) is 6.29. The van der Waals surface area contributed by atoms with Crippen molar-refractivity contribution < 1.29 is 14.7 Å². The summed E-state index contributed by atoms with van der Waals surface area (Å²) in [6.07, 6.45) is 4.62. The monoisotopic (exact) mass is 338 g/mol. The van der Waals surface area contributed by atoms with Gasteiger partial charge < -0.3 is 15.4 Å². The third-order valence-corrected chi connectivity index (χ3v) is 3.22. The molecule has 20 heavy (non-hydrogen) atoms. The molecule has 3 N–H and O–H groups in total. The predicted molar refractivity (Wildman–Crippen MR) is 73.1 cm³/mol. The Labute approximate surface area is 122 Å². The molecule has 0 spiro atoms. The maximum atomic E-state index is 12.0. The fourth-order valence-electron chi connectivity index (χ4n) is 1.61. The Bertz CT molecular complexity index is 615. The van der Waals surface area contributed by atoms with Crippen molar-refractivity contribution in [3.05, 3.63) is 46.7 Å². The van der Waals surface area contributed by atoms with E-state index >= 15 is 0 Å². The minimum Gasteiger partial charge on any atom is -0.480 e. The molecule has 1 amide bonds. The second-order valence-electron chi connectivity index (χ2n) is 3.99. The van der Waals surface area contributed by atoms with E-state index in [1.165, 1.54) is 18.7 Å². The van der Waals surface area contributed by atoms with E-state index in [1.54, 1.807) is 12.1 Å². The highest BCUT2D eigenvalue weighted by molar-refractivity contribution is 9.10. The predicted octanol–water partition coefficient (Wildman–Crippen LogP) is 0.993. The number of aromatic amines is 1. The summed E-state index contributed by atoms with van der Waals surface area (Å²) in [6.45, 7) is 0. The highest BCUT2D eigenvalue weighted by Crippen LogP contribution is 2.12. The van der Waals surface area contributed by atoms with E-state index in [-0.39, 0.29) is 12.0 Å². The van der Waals surface area contributed by atoms with Gasteiger partial charge in [0.15, 0.2) is 0 Å². The minimum absolute atomic E-state index is 0.124. The lowest BCUT2D eigenvalue weighted by Gasteiger charge is -2.14. The maximum absolute atomic E-state index is 12.0. The lowest BCUT2D eigenvalue weighted by molar-refractivity contribution is -0.139. The normalized spacial score (nSPS) is 11.8. The zero-order valence-corrected chi connectivity index (χ0v) is 11.8. The Morgan fingerprint density at radius 2 is 2.30 bits per heavy atom. The maximum Gasteiger partial charge on any atom is 0.326 e. The first-order chi connectivity index (χ1) is 9.58. The van der Waals surface area contributed by atoms with Gasteiger partial charge in [0, 0.05) is 24.5 Å². The second-order valence-corrected chi connectivity index (χ2v) is 4.74. The Morgan fingerprint density at radius 1 is 1.50 bits per heavy atom. The average Bonchev–Trinajstić information content (AvgIpc) is 2.91. The number of aliphatic carboxylic acids is 1. The van der Waals surface area contributed by atoms with Gasteiger partial charge in [-0.1, -0.05) is 0 Å². The van der Waals surface area contributed by atoms with Crippen molar-refractivity contribution >= 4 is 27.8 Å². The van der Waals surface area contributed by atoms with Gasteiger partial charge >= 0.3 is 5.97 Å². The number of pyridine rings is 1. The quantitative estimate of drug-likeness (QED) is 0.704. The van der Waals surface area contributed by atoms with Gasteiger partial charge in [0.25, 0.3) is 5.91 Å². The van der Waals surface area contributed by atoms with Crippen molar-refractivity contribution in [1.82, 2.24) is 20.3 Å². The molecule has 7 nitrogen and oxygen atoms in total. The van der Waals surface area contributed by atoms with Gasteiger partial charge in [-0.3, -0.25) is 4.79 Å². The fourth-order valence-corrected chi connectivity index (χ4v) is 2.04. The van der Waals surface area contributed by atoms with E-state index in [0.29, 0.717) is 10.3 Å². The zero-order chi connectivity index (χ0) is 14.5. The number of rotatable bonds is 5. The summed E-state index contributed by atoms with van der Waals surface area (Å²) >= 11 is 3.15. The number of hydrogen-bond donors (Lipinski definition) is 3. The summed E-state index contributed by atoms with van der Waals surface area (Å²) in [7, 11) is 0. The van der Waals surface area contributed by atoms with Crippen LogP contribution in [0, 0.1) is 0 Å². The molecule has 1 atom stereocenters. The van der Waals surface area contributed by atoms with Crippen LogP contribution in [-0.2, 0) is 11.2 Å². The zero-order valence-electron chi connectivity index (χ0n) is 10.2. The molecule has 2 rings (SSSR count). The molecule has 0 aromatic carbocycles. The van der Waals surface area contributed by atoms with Gasteiger partial charge in [0.05, 0.1) is 11.9 Å². The molecular formula is C12H11BrN4O3. The first kappa shape index (κ1) is 14.2. The van der Waals surface area contributed by atoms with Crippen LogP contribution in [0.2, 0.25) is 0 Å². The van der Waals surface area contributed by atoms with Gasteiger partial charge in [-0.25, -0.2) is 14.8 Å². The molecule has 0 unspecified atom stereocenters. The summed E-state index contributed by atoms with van der Waals surface area (Å²) in [4.78, 5) is 33.8. The van der Waals surface area contributed by atoms with Crippen LogP contribution < -0.4 is 5.32 Å². The number of carboxylic acid groups (broad SMARTS) is 1. The number of nitrogens with one attached hydrogen (secondary N) is 2. The molecule has 0 bridgehead atoms. The van der Waals surface area contributed by atoms with Gasteiger partial charge in [-0.15, -0.1) is 0 Å². The summed E-state index contributed by atoms with van der Waals surface area (Å²) < 4.78 is 0.364. The summed E-state index contributed by atoms with van der Waals surface area (Å²) in [5.74, 6) is -1.62. The lowest BCUT2D eigenvalue weighted by atomic mass is 10.1. The number of carbonyl (C=O) groups is 2. The third kappa shape index (κ3) is 3.41. The molecule has 0 aliphatic carbocycles. The first-order valence-corrected chi connectivity index (χ1v) is 6.48. The Balaban J connectivity index is 2.10. The van der Waals surface area contributed by atoms with E-state index in [0.717, 1.165) is 0 Å². The van der Waals surface area contributed by atoms with E-state index in [4.69, 9.17) is 5.11 Å². The van der Waals surface area contributed by atoms with E-state index in [2.05, 4.69) is 36.2 Å². The number of amides is 1. The van der Waals surface area contributed by atoms with Crippen molar-refractivity contribution in [3.63, 3.8) is 0 Å². The van der Waals surface area contributed by atoms with Crippen LogP contribution in [0.4, 0.5) is 0 Å². The van der Waals surface area contributed by atoms with Crippen LogP contribution >= 0.6 is 15.9 Å². The molecule has 2 heterocycles. The SMILES string of the molecule is O=C(N[C@H](Cc1cnc[nH]1)C(=O)O)c1cccnc1Br. The number of carbonyl (C=O) groups excluding carboxylic acids is 1. The van der Waals surface area contributed by atoms with Crippen LogP contribution in [0.15, 0.2) is 35.5 Å². The molecule has 2 aromatic rings. The standard InChI is InChI=1S/C12H11BrN4O3/c13-10-8(2-1-3-15-10)11(18)17-9(12(19)20)4-7-5-14-6-16-7/h1-3,5-6,9H,4H2,(H,14,16)(H,17,18)(H,19,20)/t9-/m1/s1. The molecule has 2 aromatic heterocycles. The molecule has 0 aliphatic rings. The molecule has 0 saturated carbocycles. The van der Waals surface area contributed by atoms with Crippen LogP contribution in [0.5, 0.6) is 0 Å². The smallest absolute Gasteiger partial charge is 0.326 e. The summed E-state index contributed by atoms with van der Waals surface area (Å²) in [5, 5.41) is 11.6. The van der Waals surface area contributed by atoms with Gasteiger partial charge in [0.2, 0.25) is 0 Å². The van der Waals surface area contributed by atoms with Crippen molar-refractivity contribution in [2.24, 2.45) is 0 Å². The van der Waals surface area contributed by atoms with Gasteiger partial charge in [0.1, 0.15) is 10.6 Å². The highest BCUT2D eigenvalue weighted by atomic mass is 79.9. The molecule has 0 aliphatic heterocycles. The van der Waals surface area contributed by atoms with Crippen LogP contribution in [0.3, 0.4) is 0 Å². The number of nitrogens with zero attached hydrogens (tertiary/aromatic N) is 2. The first-order valence-electron chi connectivity index (χ1n) is 5.69. The molecule has 0 fully saturated rings. The third-order valence-electron chi connectivity index (χ3n) is 2.59. The molecule has 104 valence electrons. The van der Waals surface area contributed by atoms with E-state index in [1.807, 2.05) is 0 Å². The largest absolute Gasteiger partial charge is 0.480 e.